The Morgan fingerprint density at radius 2 is 1.21 bits per heavy atom. The molecule has 1 aliphatic heterocycles. The Balaban J connectivity index is 0.00000578. The van der Waals surface area contributed by atoms with Crippen molar-refractivity contribution in [2.24, 2.45) is 0 Å². The zero-order valence-electron chi connectivity index (χ0n) is 39.3. The number of hydrogen-bond acceptors (Lipinski definition) is 2. The third-order valence-electron chi connectivity index (χ3n) is 12.0. The van der Waals surface area contributed by atoms with E-state index in [0.717, 1.165) is 39.3 Å². The molecule has 0 unspecified atom stereocenters. The van der Waals surface area contributed by atoms with Crippen LogP contribution in [0, 0.1) is 12.1 Å². The van der Waals surface area contributed by atoms with Crippen molar-refractivity contribution in [3.63, 3.8) is 0 Å². The first-order valence-corrected chi connectivity index (χ1v) is 25.2. The van der Waals surface area contributed by atoms with Gasteiger partial charge < -0.3 is 9.30 Å². The molecule has 0 spiro atoms. The van der Waals surface area contributed by atoms with E-state index in [0.29, 0.717) is 11.5 Å². The molecule has 0 atom stereocenters. The van der Waals surface area contributed by atoms with Gasteiger partial charge in [-0.1, -0.05) is 155 Å². The molecule has 3 heterocycles. The van der Waals surface area contributed by atoms with Crippen LogP contribution >= 0.6 is 0 Å². The Kier molecular flexibility index (Phi) is 11.5. The predicted molar refractivity (Wildman–Crippen MR) is 261 cm³/mol. The van der Waals surface area contributed by atoms with Crippen LogP contribution in [0.5, 0.6) is 11.5 Å². The van der Waals surface area contributed by atoms with E-state index in [1.54, 1.807) is 0 Å². The van der Waals surface area contributed by atoms with E-state index < -0.39 is 8.07 Å². The SMILES string of the molecule is CC(C)(C)c1cc([N+]2=C=[N+](c3[c-]c(Oc4[c-]c5c(cc4)c4cc(C(C)(C)C)ccc4n5-c4cc(C(C)(C)C)ccn4)ccc3)c3cccc([Si](C)(C)C)c32)cc(C(C)(C)C)c1.[Pt+2]. The van der Waals surface area contributed by atoms with Crippen LogP contribution in [0.4, 0.5) is 22.7 Å². The molecule has 0 radical (unpaired) electrons. The fourth-order valence-corrected chi connectivity index (χ4v) is 9.72. The topological polar surface area (TPSA) is 33.1 Å². The summed E-state index contributed by atoms with van der Waals surface area (Å²) in [5, 5.41) is 3.67. The molecule has 0 amide bonds. The molecule has 0 aliphatic carbocycles. The Morgan fingerprint density at radius 1 is 0.597 bits per heavy atom. The molecule has 1 aliphatic rings. The van der Waals surface area contributed by atoms with Gasteiger partial charge in [0.15, 0.2) is 0 Å². The minimum absolute atomic E-state index is 0. The monoisotopic (exact) mass is 1020 g/mol. The van der Waals surface area contributed by atoms with Gasteiger partial charge in [-0.25, -0.2) is 4.98 Å². The first-order valence-electron chi connectivity index (χ1n) is 21.7. The average Bonchev–Trinajstić information content (AvgIpc) is 3.72. The summed E-state index contributed by atoms with van der Waals surface area (Å²) in [6, 6.07) is 46.3. The molecule has 62 heavy (non-hydrogen) atoms. The molecule has 0 bridgehead atoms. The minimum atomic E-state index is -1.80. The second-order valence-corrected chi connectivity index (χ2v) is 27.1. The molecule has 320 valence electrons. The van der Waals surface area contributed by atoms with E-state index in [2.05, 4.69) is 213 Å². The molecule has 0 fully saturated rings. The fourth-order valence-electron chi connectivity index (χ4n) is 8.17. The summed E-state index contributed by atoms with van der Waals surface area (Å²) in [5.74, 6) is 2.08. The molecule has 0 N–H and O–H groups in total. The maximum absolute atomic E-state index is 6.71. The van der Waals surface area contributed by atoms with Crippen molar-refractivity contribution in [1.29, 1.82) is 0 Å². The van der Waals surface area contributed by atoms with E-state index in [1.807, 2.05) is 24.4 Å². The van der Waals surface area contributed by atoms with Gasteiger partial charge in [0, 0.05) is 46.6 Å². The quantitative estimate of drug-likeness (QED) is 0.0945. The summed E-state index contributed by atoms with van der Waals surface area (Å²) >= 11 is 0. The summed E-state index contributed by atoms with van der Waals surface area (Å²) in [6.45, 7) is 34.5. The molecule has 5 aromatic carbocycles. The van der Waals surface area contributed by atoms with Gasteiger partial charge in [0.1, 0.15) is 11.5 Å². The van der Waals surface area contributed by atoms with Crippen LogP contribution in [0.3, 0.4) is 0 Å². The smallest absolute Gasteiger partial charge is 0.509 e. The van der Waals surface area contributed by atoms with Crippen molar-refractivity contribution in [1.82, 2.24) is 18.7 Å². The van der Waals surface area contributed by atoms with E-state index >= 15 is 0 Å². The van der Waals surface area contributed by atoms with Crippen LogP contribution in [0.2, 0.25) is 19.6 Å². The van der Waals surface area contributed by atoms with Gasteiger partial charge in [-0.05, 0) is 72.1 Å². The van der Waals surface area contributed by atoms with Gasteiger partial charge in [0.05, 0.1) is 8.07 Å². The van der Waals surface area contributed by atoms with Crippen LogP contribution in [-0.4, -0.2) is 23.6 Å². The van der Waals surface area contributed by atoms with E-state index in [1.165, 1.54) is 38.5 Å². The Bertz CT molecular complexity index is 2920. The molecular formula is C55H62N4OPtSi+2. The second-order valence-electron chi connectivity index (χ2n) is 22.0. The number of ether oxygens (including phenoxy) is 1. The van der Waals surface area contributed by atoms with E-state index in [-0.39, 0.29) is 42.7 Å². The van der Waals surface area contributed by atoms with Gasteiger partial charge in [0.2, 0.25) is 5.69 Å². The maximum Gasteiger partial charge on any atom is 2.00 e. The zero-order chi connectivity index (χ0) is 44.0. The molecule has 2 aromatic heterocycles. The molecule has 5 nitrogen and oxygen atoms in total. The number of rotatable bonds is 6. The fraction of sp³-hybridized carbons (Fsp3) is 0.345. The van der Waals surface area contributed by atoms with Crippen LogP contribution in [0.1, 0.15) is 105 Å². The number of fused-ring (bicyclic) bond motifs is 4. The Morgan fingerprint density at radius 3 is 1.84 bits per heavy atom. The first kappa shape index (κ1) is 45.2. The van der Waals surface area contributed by atoms with Crippen molar-refractivity contribution in [3.8, 4) is 17.3 Å². The molecule has 8 rings (SSSR count). The number of benzene rings is 5. The van der Waals surface area contributed by atoms with Crippen molar-refractivity contribution in [2.45, 2.75) is 124 Å². The normalized spacial score (nSPS) is 13.5. The number of nitrogens with zero attached hydrogens (tertiary/aromatic N) is 4. The van der Waals surface area contributed by atoms with E-state index in [4.69, 9.17) is 9.72 Å². The third kappa shape index (κ3) is 8.59. The van der Waals surface area contributed by atoms with E-state index in [9.17, 15) is 0 Å². The summed E-state index contributed by atoms with van der Waals surface area (Å²) in [4.78, 5) is 4.92. The van der Waals surface area contributed by atoms with Gasteiger partial charge in [0.25, 0.3) is 11.4 Å². The molecule has 7 aromatic rings. The molecular weight excluding hydrogens is 956 g/mol. The van der Waals surface area contributed by atoms with Gasteiger partial charge >= 0.3 is 27.1 Å². The van der Waals surface area contributed by atoms with Crippen molar-refractivity contribution in [3.05, 3.63) is 138 Å². The largest absolute Gasteiger partial charge is 2.00 e. The molecule has 0 saturated heterocycles. The van der Waals surface area contributed by atoms with Gasteiger partial charge in [-0.2, -0.15) is 12.1 Å². The first-order chi connectivity index (χ1) is 28.4. The summed E-state index contributed by atoms with van der Waals surface area (Å²) < 4.78 is 13.4. The van der Waals surface area contributed by atoms with Crippen molar-refractivity contribution >= 4 is 63.8 Å². The summed E-state index contributed by atoms with van der Waals surface area (Å²) in [6.07, 6.45) is 1.92. The van der Waals surface area contributed by atoms with Crippen LogP contribution in [0.15, 0.2) is 103 Å². The molecule has 0 saturated carbocycles. The van der Waals surface area contributed by atoms with Gasteiger partial charge in [-0.15, -0.1) is 23.6 Å². The number of aromatic nitrogens is 2. The average molecular weight is 1020 g/mol. The van der Waals surface area contributed by atoms with Crippen LogP contribution in [-0.2, 0) is 42.7 Å². The number of para-hydroxylation sites is 1. The summed E-state index contributed by atoms with van der Waals surface area (Å²) in [5.41, 5.74) is 11.3. The minimum Gasteiger partial charge on any atom is -0.509 e. The third-order valence-corrected chi connectivity index (χ3v) is 14.0. The summed E-state index contributed by atoms with van der Waals surface area (Å²) in [7, 11) is -1.80. The van der Waals surface area contributed by atoms with Crippen LogP contribution < -0.4 is 19.1 Å². The molecule has 7 heteroatoms. The Hall–Kier alpha value is -4.86. The zero-order valence-corrected chi connectivity index (χ0v) is 42.6. The van der Waals surface area contributed by atoms with Crippen molar-refractivity contribution in [2.75, 3.05) is 0 Å². The van der Waals surface area contributed by atoms with Crippen molar-refractivity contribution < 1.29 is 25.8 Å². The maximum atomic E-state index is 6.71. The Labute approximate surface area is 385 Å². The predicted octanol–water partition coefficient (Wildman–Crippen LogP) is 14.2. The number of hydrogen-bond donors (Lipinski definition) is 0. The number of pyridine rings is 1. The standard InChI is InChI=1S/C55H62N4OSi.Pt/c1-52(2,3)36-22-25-46-45(31-36)44-24-23-43(34-48(44)59(46)50-32-37(26-27-56-50)53(4,5)6)60-42-19-16-18-40(33-42)57-35-58(51-47(57)20-17-21-49(51)61(13,14)15)41-29-38(54(7,8)9)28-39(30-41)55(10,11)12;/h16-32H,1-15H3;/q;+2. The van der Waals surface area contributed by atoms with Crippen LogP contribution in [0.25, 0.3) is 27.6 Å². The second kappa shape index (κ2) is 15.7. The van der Waals surface area contributed by atoms with Gasteiger partial charge in [-0.3, -0.25) is 0 Å².